The fraction of sp³-hybridized carbons (Fsp3) is 0.229. The van der Waals surface area contributed by atoms with Crippen LogP contribution in [0.1, 0.15) is 46.6 Å². The van der Waals surface area contributed by atoms with Gasteiger partial charge in [0.25, 0.3) is 15.6 Å². The third kappa shape index (κ3) is 6.13. The van der Waals surface area contributed by atoms with Crippen LogP contribution < -0.4 is 15.0 Å². The molecule has 0 amide bonds. The Morgan fingerprint density at radius 3 is 2.62 bits per heavy atom. The zero-order valence-electron chi connectivity index (χ0n) is 26.0. The molecule has 2 aromatic heterocycles. The van der Waals surface area contributed by atoms with E-state index >= 15 is 0 Å². The maximum absolute atomic E-state index is 13.8. The standard InChI is InChI=1S/C35H33N3O7S2/c1-4-45-35(41)31-26-17-16-21(2)18-30(26)46-32(31)36-20-27-24-12-5-6-13-25(24)33(39)38(34(27)40)22-10-9-11-23(19-22)47(42,43)37-28-14-7-8-15-29(28)44-3/h5-15,19-21,37,40H,4,16-18H2,1-3H3/b36-20+. The molecule has 2 N–H and O–H groups in total. The summed E-state index contributed by atoms with van der Waals surface area (Å²) in [7, 11) is -2.68. The summed E-state index contributed by atoms with van der Waals surface area (Å²) in [6.07, 6.45) is 3.99. The summed E-state index contributed by atoms with van der Waals surface area (Å²) in [4.78, 5) is 32.5. The van der Waals surface area contributed by atoms with Crippen LogP contribution in [0.2, 0.25) is 0 Å². The molecule has 0 saturated carbocycles. The van der Waals surface area contributed by atoms with Crippen LogP contribution in [-0.2, 0) is 27.6 Å². The van der Waals surface area contributed by atoms with E-state index in [2.05, 4.69) is 11.6 Å². The minimum Gasteiger partial charge on any atom is -0.495 e. The van der Waals surface area contributed by atoms with Crippen LogP contribution in [0.15, 0.2) is 87.5 Å². The number of anilines is 1. The predicted octanol–water partition coefficient (Wildman–Crippen LogP) is 6.62. The summed E-state index contributed by atoms with van der Waals surface area (Å²) in [6, 6.07) is 19.1. The van der Waals surface area contributed by atoms with Gasteiger partial charge in [0, 0.05) is 21.9 Å². The summed E-state index contributed by atoms with van der Waals surface area (Å²) >= 11 is 1.43. The van der Waals surface area contributed by atoms with Gasteiger partial charge in [-0.1, -0.05) is 43.3 Å². The molecule has 0 bridgehead atoms. The van der Waals surface area contributed by atoms with Crippen molar-refractivity contribution < 1.29 is 27.8 Å². The number of pyridine rings is 1. The maximum atomic E-state index is 13.8. The van der Waals surface area contributed by atoms with Crippen LogP contribution in [0.3, 0.4) is 0 Å². The lowest BCUT2D eigenvalue weighted by Gasteiger charge is -2.18. The van der Waals surface area contributed by atoms with E-state index in [1.54, 1.807) is 55.5 Å². The monoisotopic (exact) mass is 671 g/mol. The van der Waals surface area contributed by atoms with Crippen molar-refractivity contribution in [3.63, 3.8) is 0 Å². The second-order valence-corrected chi connectivity index (χ2v) is 14.0. The van der Waals surface area contributed by atoms with E-state index in [1.165, 1.54) is 48.9 Å². The number of carbonyl (C=O) groups excluding carboxylic acids is 1. The molecule has 47 heavy (non-hydrogen) atoms. The number of aliphatic imine (C=N–C) groups is 1. The van der Waals surface area contributed by atoms with Crippen molar-refractivity contribution in [2.75, 3.05) is 18.4 Å². The first-order valence-corrected chi connectivity index (χ1v) is 17.4. The Bertz CT molecular complexity index is 2200. The number of benzene rings is 3. The van der Waals surface area contributed by atoms with Crippen LogP contribution in [0.25, 0.3) is 16.5 Å². The lowest BCUT2D eigenvalue weighted by molar-refractivity contribution is 0.0526. The predicted molar refractivity (Wildman–Crippen MR) is 184 cm³/mol. The molecule has 1 unspecified atom stereocenters. The number of hydrogen-bond donors (Lipinski definition) is 2. The third-order valence-electron chi connectivity index (χ3n) is 8.12. The first kappa shape index (κ1) is 32.0. The van der Waals surface area contributed by atoms with Crippen LogP contribution in [0.5, 0.6) is 11.6 Å². The van der Waals surface area contributed by atoms with E-state index < -0.39 is 27.4 Å². The lowest BCUT2D eigenvalue weighted by atomic mass is 9.88. The molecule has 12 heteroatoms. The first-order chi connectivity index (χ1) is 22.6. The van der Waals surface area contributed by atoms with Crippen molar-refractivity contribution in [1.82, 2.24) is 4.57 Å². The van der Waals surface area contributed by atoms with Gasteiger partial charge in [-0.15, -0.1) is 11.3 Å². The molecule has 2 heterocycles. The molecule has 10 nitrogen and oxygen atoms in total. The molecule has 0 radical (unpaired) electrons. The molecule has 0 fully saturated rings. The summed E-state index contributed by atoms with van der Waals surface area (Å²) < 4.78 is 41.1. The average molecular weight is 672 g/mol. The van der Waals surface area contributed by atoms with Gasteiger partial charge in [-0.2, -0.15) is 0 Å². The smallest absolute Gasteiger partial charge is 0.341 e. The number of thiophene rings is 1. The molecule has 1 aliphatic rings. The van der Waals surface area contributed by atoms with Gasteiger partial charge in [0.15, 0.2) is 0 Å². The number of para-hydroxylation sites is 2. The van der Waals surface area contributed by atoms with Gasteiger partial charge in [0.05, 0.1) is 41.1 Å². The normalized spacial score (nSPS) is 14.7. The van der Waals surface area contributed by atoms with Gasteiger partial charge in [0.2, 0.25) is 5.88 Å². The topological polar surface area (TPSA) is 136 Å². The van der Waals surface area contributed by atoms with Crippen molar-refractivity contribution in [1.29, 1.82) is 0 Å². The molecular formula is C35H33N3O7S2. The van der Waals surface area contributed by atoms with Gasteiger partial charge >= 0.3 is 5.97 Å². The van der Waals surface area contributed by atoms with Crippen LogP contribution in [-0.4, -0.2) is 44.0 Å². The second-order valence-electron chi connectivity index (χ2n) is 11.2. The van der Waals surface area contributed by atoms with Crippen molar-refractivity contribution in [3.8, 4) is 17.3 Å². The molecule has 242 valence electrons. The number of rotatable bonds is 9. The average Bonchev–Trinajstić information content (AvgIpc) is 3.42. The van der Waals surface area contributed by atoms with E-state index in [1.807, 2.05) is 0 Å². The summed E-state index contributed by atoms with van der Waals surface area (Å²) in [5, 5.41) is 12.9. The highest BCUT2D eigenvalue weighted by Crippen LogP contribution is 2.42. The number of esters is 1. The second kappa shape index (κ2) is 13.0. The van der Waals surface area contributed by atoms with Crippen molar-refractivity contribution in [3.05, 3.63) is 105 Å². The van der Waals surface area contributed by atoms with Gasteiger partial charge in [-0.25, -0.2) is 22.8 Å². The fourth-order valence-corrected chi connectivity index (χ4v) is 8.27. The number of sulfonamides is 1. The van der Waals surface area contributed by atoms with Gasteiger partial charge in [-0.3, -0.25) is 9.52 Å². The molecular weight excluding hydrogens is 639 g/mol. The summed E-state index contributed by atoms with van der Waals surface area (Å²) in [6.45, 7) is 4.16. The highest BCUT2D eigenvalue weighted by atomic mass is 32.2. The van der Waals surface area contributed by atoms with Gasteiger partial charge in [0.1, 0.15) is 10.8 Å². The van der Waals surface area contributed by atoms with Crippen LogP contribution >= 0.6 is 11.3 Å². The van der Waals surface area contributed by atoms with Gasteiger partial charge < -0.3 is 14.6 Å². The Kier molecular flexibility index (Phi) is 8.89. The molecule has 5 aromatic rings. The number of nitrogens with zero attached hydrogens (tertiary/aromatic N) is 2. The van der Waals surface area contributed by atoms with Gasteiger partial charge in [-0.05, 0) is 74.1 Å². The van der Waals surface area contributed by atoms with E-state index in [-0.39, 0.29) is 33.8 Å². The number of fused-ring (bicyclic) bond motifs is 2. The molecule has 1 atom stereocenters. The molecule has 0 spiro atoms. The van der Waals surface area contributed by atoms with Crippen LogP contribution in [0, 0.1) is 5.92 Å². The molecule has 0 aliphatic heterocycles. The molecule has 6 rings (SSSR count). The zero-order valence-corrected chi connectivity index (χ0v) is 27.7. The minimum absolute atomic E-state index is 0.128. The number of carbonyl (C=O) groups is 1. The molecule has 1 aliphatic carbocycles. The van der Waals surface area contributed by atoms with E-state index in [4.69, 9.17) is 14.5 Å². The van der Waals surface area contributed by atoms with Crippen molar-refractivity contribution in [2.45, 2.75) is 38.0 Å². The quantitative estimate of drug-likeness (QED) is 0.133. The van der Waals surface area contributed by atoms with E-state index in [0.29, 0.717) is 27.6 Å². The Labute approximate surface area is 276 Å². The Morgan fingerprint density at radius 2 is 1.85 bits per heavy atom. The van der Waals surface area contributed by atoms with Crippen molar-refractivity contribution in [2.24, 2.45) is 10.9 Å². The minimum atomic E-state index is -4.12. The van der Waals surface area contributed by atoms with E-state index in [9.17, 15) is 23.1 Å². The van der Waals surface area contributed by atoms with Crippen molar-refractivity contribution >= 4 is 55.0 Å². The highest BCUT2D eigenvalue weighted by Gasteiger charge is 2.28. The SMILES string of the molecule is CCOC(=O)c1c(/N=C/c2c(O)n(-c3cccc(S(=O)(=O)Nc4ccccc4OC)c3)c(=O)c3ccccc23)sc2c1CCC(C)C2. The summed E-state index contributed by atoms with van der Waals surface area (Å²) in [5.74, 6) is -0.0522. The summed E-state index contributed by atoms with van der Waals surface area (Å²) in [5.41, 5.74) is 1.45. The number of ether oxygens (including phenoxy) is 2. The fourth-order valence-electron chi connectivity index (χ4n) is 5.82. The first-order valence-electron chi connectivity index (χ1n) is 15.1. The Balaban J connectivity index is 1.47. The largest absolute Gasteiger partial charge is 0.495 e. The third-order valence-corrected chi connectivity index (χ3v) is 10.6. The number of methoxy groups -OCH3 is 1. The number of aromatic nitrogens is 1. The molecule has 3 aromatic carbocycles. The Morgan fingerprint density at radius 1 is 1.11 bits per heavy atom. The maximum Gasteiger partial charge on any atom is 0.341 e. The van der Waals surface area contributed by atoms with Crippen LogP contribution in [0.4, 0.5) is 10.7 Å². The highest BCUT2D eigenvalue weighted by molar-refractivity contribution is 7.92. The number of nitrogens with one attached hydrogen (secondary N) is 1. The number of hydrogen-bond acceptors (Lipinski definition) is 9. The van der Waals surface area contributed by atoms with E-state index in [0.717, 1.165) is 34.3 Å². The molecule has 0 saturated heterocycles. The Hall–Kier alpha value is -4.94. The lowest BCUT2D eigenvalue weighted by Crippen LogP contribution is -2.21. The zero-order chi connectivity index (χ0) is 33.3. The number of aromatic hydroxyl groups is 1.